The molecule has 1 amide bonds. The Kier molecular flexibility index (Phi) is 5.34. The lowest BCUT2D eigenvalue weighted by Gasteiger charge is -2.38. The van der Waals surface area contributed by atoms with Gasteiger partial charge >= 0.3 is 0 Å². The van der Waals surface area contributed by atoms with E-state index in [1.165, 1.54) is 12.5 Å². The van der Waals surface area contributed by atoms with Crippen molar-refractivity contribution in [1.82, 2.24) is 5.32 Å². The molecular weight excluding hydrogens is 267 g/mol. The minimum atomic E-state index is -0.209. The van der Waals surface area contributed by atoms with Gasteiger partial charge in [-0.05, 0) is 37.5 Å². The molecule has 1 aromatic carbocycles. The highest BCUT2D eigenvalue weighted by atomic mass is 19.1. The SMILES string of the molecule is CC(N)CC(=O)NCC1(c2cccc(F)c2)CCCCC1. The van der Waals surface area contributed by atoms with Crippen molar-refractivity contribution in [3.63, 3.8) is 0 Å². The molecule has 1 fully saturated rings. The lowest BCUT2D eigenvalue weighted by atomic mass is 9.69. The van der Waals surface area contributed by atoms with Crippen LogP contribution >= 0.6 is 0 Å². The molecule has 1 aromatic rings. The highest BCUT2D eigenvalue weighted by molar-refractivity contribution is 5.76. The predicted octanol–water partition coefficient (Wildman–Crippen LogP) is 2.88. The average Bonchev–Trinajstić information content (AvgIpc) is 2.45. The van der Waals surface area contributed by atoms with Gasteiger partial charge < -0.3 is 11.1 Å². The molecule has 1 saturated carbocycles. The molecule has 1 atom stereocenters. The quantitative estimate of drug-likeness (QED) is 0.876. The largest absolute Gasteiger partial charge is 0.355 e. The van der Waals surface area contributed by atoms with Gasteiger partial charge in [-0.2, -0.15) is 0 Å². The van der Waals surface area contributed by atoms with Crippen molar-refractivity contribution < 1.29 is 9.18 Å². The van der Waals surface area contributed by atoms with Crippen LogP contribution in [-0.2, 0) is 10.2 Å². The van der Waals surface area contributed by atoms with E-state index in [0.29, 0.717) is 13.0 Å². The third kappa shape index (κ3) is 4.27. The van der Waals surface area contributed by atoms with Gasteiger partial charge in [0.1, 0.15) is 5.82 Å². The highest BCUT2D eigenvalue weighted by Crippen LogP contribution is 2.39. The van der Waals surface area contributed by atoms with Gasteiger partial charge in [-0.3, -0.25) is 4.79 Å². The van der Waals surface area contributed by atoms with Crippen LogP contribution in [0.4, 0.5) is 4.39 Å². The summed E-state index contributed by atoms with van der Waals surface area (Å²) in [7, 11) is 0. The first-order valence-corrected chi connectivity index (χ1v) is 7.80. The van der Waals surface area contributed by atoms with Crippen molar-refractivity contribution in [2.24, 2.45) is 5.73 Å². The topological polar surface area (TPSA) is 55.1 Å². The van der Waals surface area contributed by atoms with E-state index in [1.54, 1.807) is 12.1 Å². The van der Waals surface area contributed by atoms with Gasteiger partial charge in [0.2, 0.25) is 5.91 Å². The third-order valence-electron chi connectivity index (χ3n) is 4.38. The number of rotatable bonds is 5. The molecule has 21 heavy (non-hydrogen) atoms. The van der Waals surface area contributed by atoms with Crippen LogP contribution in [0.15, 0.2) is 24.3 Å². The second-order valence-corrected chi connectivity index (χ2v) is 6.31. The first-order chi connectivity index (χ1) is 10.0. The fourth-order valence-electron chi connectivity index (χ4n) is 3.25. The number of hydrogen-bond donors (Lipinski definition) is 2. The number of nitrogens with two attached hydrogens (primary N) is 1. The fraction of sp³-hybridized carbons (Fsp3) is 0.588. The number of carbonyl (C=O) groups excluding carboxylic acids is 1. The molecule has 116 valence electrons. The van der Waals surface area contributed by atoms with Crippen LogP contribution in [0.1, 0.15) is 51.0 Å². The second-order valence-electron chi connectivity index (χ2n) is 6.31. The maximum absolute atomic E-state index is 13.6. The summed E-state index contributed by atoms with van der Waals surface area (Å²) in [6.07, 6.45) is 5.78. The van der Waals surface area contributed by atoms with Crippen molar-refractivity contribution in [3.05, 3.63) is 35.6 Å². The maximum Gasteiger partial charge on any atom is 0.221 e. The molecule has 1 aliphatic rings. The lowest BCUT2D eigenvalue weighted by molar-refractivity contribution is -0.121. The summed E-state index contributed by atoms with van der Waals surface area (Å²) in [6.45, 7) is 2.39. The molecule has 0 aliphatic heterocycles. The molecule has 1 unspecified atom stereocenters. The Morgan fingerprint density at radius 2 is 2.10 bits per heavy atom. The van der Waals surface area contributed by atoms with Gasteiger partial charge in [-0.25, -0.2) is 4.39 Å². The Balaban J connectivity index is 2.12. The van der Waals surface area contributed by atoms with Crippen molar-refractivity contribution in [2.45, 2.75) is 56.9 Å². The van der Waals surface area contributed by atoms with Gasteiger partial charge in [0.15, 0.2) is 0 Å². The molecule has 3 nitrogen and oxygen atoms in total. The predicted molar refractivity (Wildman–Crippen MR) is 82.4 cm³/mol. The second kappa shape index (κ2) is 7.03. The van der Waals surface area contributed by atoms with Crippen molar-refractivity contribution in [1.29, 1.82) is 0 Å². The number of amides is 1. The lowest BCUT2D eigenvalue weighted by Crippen LogP contribution is -2.43. The Morgan fingerprint density at radius 1 is 1.38 bits per heavy atom. The van der Waals surface area contributed by atoms with E-state index < -0.39 is 0 Å². The molecule has 0 saturated heterocycles. The molecule has 0 aromatic heterocycles. The van der Waals surface area contributed by atoms with Crippen LogP contribution in [0.25, 0.3) is 0 Å². The summed E-state index contributed by atoms with van der Waals surface area (Å²) in [5.74, 6) is -0.231. The Labute approximate surface area is 126 Å². The first-order valence-electron chi connectivity index (χ1n) is 7.80. The minimum Gasteiger partial charge on any atom is -0.355 e. The van der Waals surface area contributed by atoms with Crippen molar-refractivity contribution >= 4 is 5.91 Å². The Bertz CT molecular complexity index is 481. The van der Waals surface area contributed by atoms with Crippen LogP contribution in [0.5, 0.6) is 0 Å². The highest BCUT2D eigenvalue weighted by Gasteiger charge is 2.34. The first kappa shape index (κ1) is 16.0. The summed E-state index contributed by atoms with van der Waals surface area (Å²) in [6, 6.07) is 6.68. The normalized spacial score (nSPS) is 19.0. The molecule has 1 aliphatic carbocycles. The van der Waals surface area contributed by atoms with E-state index in [2.05, 4.69) is 5.32 Å². The zero-order valence-electron chi connectivity index (χ0n) is 12.7. The van der Waals surface area contributed by atoms with Gasteiger partial charge in [0.25, 0.3) is 0 Å². The van der Waals surface area contributed by atoms with Crippen molar-refractivity contribution in [3.8, 4) is 0 Å². The fourth-order valence-corrected chi connectivity index (χ4v) is 3.25. The van der Waals surface area contributed by atoms with E-state index in [1.807, 2.05) is 13.0 Å². The molecule has 2 rings (SSSR count). The summed E-state index contributed by atoms with van der Waals surface area (Å²) in [4.78, 5) is 11.9. The molecule has 0 heterocycles. The van der Waals surface area contributed by atoms with Crippen LogP contribution < -0.4 is 11.1 Å². The number of benzene rings is 1. The average molecular weight is 292 g/mol. The van der Waals surface area contributed by atoms with E-state index in [0.717, 1.165) is 31.2 Å². The molecule has 0 bridgehead atoms. The van der Waals surface area contributed by atoms with Crippen molar-refractivity contribution in [2.75, 3.05) is 6.54 Å². The molecule has 0 radical (unpaired) electrons. The zero-order chi connectivity index (χ0) is 15.3. The molecule has 3 N–H and O–H groups in total. The van der Waals surface area contributed by atoms with Gasteiger partial charge in [-0.1, -0.05) is 31.4 Å². The number of halogens is 1. The summed E-state index contributed by atoms with van der Waals surface area (Å²) >= 11 is 0. The zero-order valence-corrected chi connectivity index (χ0v) is 12.7. The number of carbonyl (C=O) groups is 1. The summed E-state index contributed by atoms with van der Waals surface area (Å²) < 4.78 is 13.6. The third-order valence-corrected chi connectivity index (χ3v) is 4.38. The van der Waals surface area contributed by atoms with Crippen LogP contribution in [-0.4, -0.2) is 18.5 Å². The Morgan fingerprint density at radius 3 is 2.71 bits per heavy atom. The number of hydrogen-bond acceptors (Lipinski definition) is 2. The number of nitrogens with one attached hydrogen (secondary N) is 1. The molecular formula is C17H25FN2O. The summed E-state index contributed by atoms with van der Waals surface area (Å²) in [5.41, 5.74) is 6.53. The summed E-state index contributed by atoms with van der Waals surface area (Å²) in [5, 5.41) is 3.00. The van der Waals surface area contributed by atoms with Gasteiger partial charge in [0, 0.05) is 24.4 Å². The van der Waals surface area contributed by atoms with Gasteiger partial charge in [0.05, 0.1) is 0 Å². The monoisotopic (exact) mass is 292 g/mol. The Hall–Kier alpha value is -1.42. The molecule has 4 heteroatoms. The standard InChI is InChI=1S/C17H25FN2O/c1-13(19)10-16(21)20-12-17(8-3-2-4-9-17)14-6-5-7-15(18)11-14/h5-7,11,13H,2-4,8-10,12,19H2,1H3,(H,20,21). The van der Waals surface area contributed by atoms with Crippen LogP contribution in [0.3, 0.4) is 0 Å². The van der Waals surface area contributed by atoms with E-state index in [9.17, 15) is 9.18 Å². The minimum absolute atomic E-state index is 0.0219. The smallest absolute Gasteiger partial charge is 0.221 e. The maximum atomic E-state index is 13.6. The van der Waals surface area contributed by atoms with Crippen LogP contribution in [0.2, 0.25) is 0 Å². The van der Waals surface area contributed by atoms with Crippen LogP contribution in [0, 0.1) is 5.82 Å². The molecule has 0 spiro atoms. The van der Waals surface area contributed by atoms with E-state index in [-0.39, 0.29) is 23.2 Å². The van der Waals surface area contributed by atoms with Gasteiger partial charge in [-0.15, -0.1) is 0 Å². The van der Waals surface area contributed by atoms with E-state index >= 15 is 0 Å². The van der Waals surface area contributed by atoms with E-state index in [4.69, 9.17) is 5.73 Å².